The summed E-state index contributed by atoms with van der Waals surface area (Å²) in [6.45, 7) is 2.71. The molecule has 2 N–H and O–H groups in total. The molecule has 3 aromatic rings. The van der Waals surface area contributed by atoms with Crippen LogP contribution in [0.15, 0.2) is 30.5 Å². The molecule has 0 saturated heterocycles. The van der Waals surface area contributed by atoms with E-state index < -0.39 is 5.41 Å². The number of imidazole rings is 1. The van der Waals surface area contributed by atoms with Crippen LogP contribution in [0.1, 0.15) is 32.0 Å². The van der Waals surface area contributed by atoms with E-state index in [1.165, 1.54) is 0 Å². The minimum absolute atomic E-state index is 0.189. The first kappa shape index (κ1) is 14.2. The lowest BCUT2D eigenvalue weighted by molar-refractivity contribution is -0.133. The van der Waals surface area contributed by atoms with Gasteiger partial charge in [0.05, 0.1) is 22.6 Å². The first-order chi connectivity index (χ1) is 11.1. The largest absolute Gasteiger partial charge is 0.369 e. The highest BCUT2D eigenvalue weighted by atomic mass is 16.1. The van der Waals surface area contributed by atoms with E-state index in [0.29, 0.717) is 6.54 Å². The van der Waals surface area contributed by atoms with Crippen molar-refractivity contribution < 1.29 is 4.79 Å². The van der Waals surface area contributed by atoms with Gasteiger partial charge in [0.1, 0.15) is 11.3 Å². The quantitative estimate of drug-likeness (QED) is 0.805. The van der Waals surface area contributed by atoms with Crippen molar-refractivity contribution in [2.75, 3.05) is 0 Å². The van der Waals surface area contributed by atoms with E-state index in [4.69, 9.17) is 10.7 Å². The Labute approximate surface area is 134 Å². The summed E-state index contributed by atoms with van der Waals surface area (Å²) in [6.07, 6.45) is 5.45. The molecule has 1 amide bonds. The molecule has 0 spiro atoms. The number of primary amides is 1. The van der Waals surface area contributed by atoms with Gasteiger partial charge in [-0.25, -0.2) is 4.98 Å². The van der Waals surface area contributed by atoms with Gasteiger partial charge in [0.15, 0.2) is 0 Å². The van der Waals surface area contributed by atoms with Gasteiger partial charge in [-0.15, -0.1) is 0 Å². The Hall–Kier alpha value is -2.43. The Balaban J connectivity index is 1.96. The minimum Gasteiger partial charge on any atom is -0.369 e. The molecule has 0 aliphatic heterocycles. The van der Waals surface area contributed by atoms with Crippen LogP contribution in [0, 0.1) is 5.41 Å². The van der Waals surface area contributed by atoms with Crippen LogP contribution in [0.2, 0.25) is 0 Å². The molecule has 1 aliphatic rings. The van der Waals surface area contributed by atoms with Gasteiger partial charge in [-0.1, -0.05) is 31.5 Å². The first-order valence-corrected chi connectivity index (χ1v) is 8.17. The number of aromatic nitrogens is 3. The molecule has 1 fully saturated rings. The number of hydrogen-bond donors (Lipinski definition) is 1. The third-order valence-electron chi connectivity index (χ3n) is 5.17. The number of pyridine rings is 1. The average molecular weight is 308 g/mol. The molecule has 4 rings (SSSR count). The molecule has 0 radical (unpaired) electrons. The zero-order chi connectivity index (χ0) is 16.0. The zero-order valence-electron chi connectivity index (χ0n) is 13.2. The van der Waals surface area contributed by atoms with Crippen molar-refractivity contribution in [1.82, 2.24) is 14.5 Å². The summed E-state index contributed by atoms with van der Waals surface area (Å²) in [4.78, 5) is 21.2. The fourth-order valence-electron chi connectivity index (χ4n) is 3.64. The van der Waals surface area contributed by atoms with Crippen LogP contribution in [0.3, 0.4) is 0 Å². The summed E-state index contributed by atoms with van der Waals surface area (Å²) >= 11 is 0. The molecule has 1 saturated carbocycles. The molecule has 2 heterocycles. The molecule has 0 unspecified atom stereocenters. The summed E-state index contributed by atoms with van der Waals surface area (Å²) in [6, 6.07) is 8.07. The van der Waals surface area contributed by atoms with Crippen molar-refractivity contribution in [3.8, 4) is 0 Å². The van der Waals surface area contributed by atoms with E-state index in [9.17, 15) is 4.79 Å². The van der Waals surface area contributed by atoms with Crippen molar-refractivity contribution in [2.24, 2.45) is 11.1 Å². The van der Waals surface area contributed by atoms with Crippen LogP contribution >= 0.6 is 0 Å². The molecule has 0 atom stereocenters. The Kier molecular flexibility index (Phi) is 3.11. The Morgan fingerprint density at radius 3 is 2.74 bits per heavy atom. The molecular formula is C18H20N4O. The van der Waals surface area contributed by atoms with E-state index in [2.05, 4.69) is 22.5 Å². The van der Waals surface area contributed by atoms with E-state index in [1.807, 2.05) is 24.4 Å². The molecule has 118 valence electrons. The maximum absolute atomic E-state index is 12.0. The normalized spacial score (nSPS) is 16.6. The standard InChI is InChI=1S/C18H20N4O/c1-2-15-21-14-10-20-13-7-4-3-6-12(13)16(14)22(15)11-18(17(19)23)8-5-9-18/h3-4,6-7,10H,2,5,8-9,11H2,1H3,(H2,19,23). The SMILES string of the molecule is CCc1nc2cnc3ccccc3c2n1CC1(C(N)=O)CCC1. The second-order valence-electron chi connectivity index (χ2n) is 6.48. The molecule has 1 aliphatic carbocycles. The predicted octanol–water partition coefficient (Wildman–Crippen LogP) is 2.80. The lowest BCUT2D eigenvalue weighted by Gasteiger charge is -2.39. The van der Waals surface area contributed by atoms with E-state index in [1.54, 1.807) is 0 Å². The third-order valence-corrected chi connectivity index (χ3v) is 5.17. The summed E-state index contributed by atoms with van der Waals surface area (Å²) in [5, 5.41) is 1.08. The molecule has 2 aromatic heterocycles. The second kappa shape index (κ2) is 5.05. The van der Waals surface area contributed by atoms with E-state index in [0.717, 1.165) is 53.4 Å². The van der Waals surface area contributed by atoms with Gasteiger partial charge in [0.25, 0.3) is 0 Å². The lowest BCUT2D eigenvalue weighted by atomic mass is 9.68. The number of rotatable bonds is 4. The number of fused-ring (bicyclic) bond motifs is 3. The molecule has 5 heteroatoms. The van der Waals surface area contributed by atoms with Crippen molar-refractivity contribution in [1.29, 1.82) is 0 Å². The number of nitrogens with zero attached hydrogens (tertiary/aromatic N) is 3. The van der Waals surface area contributed by atoms with Crippen molar-refractivity contribution >= 4 is 27.8 Å². The summed E-state index contributed by atoms with van der Waals surface area (Å²) in [7, 11) is 0. The van der Waals surface area contributed by atoms with Gasteiger partial charge < -0.3 is 10.3 Å². The average Bonchev–Trinajstić information content (AvgIpc) is 2.88. The highest BCUT2D eigenvalue weighted by molar-refractivity contribution is 6.02. The summed E-state index contributed by atoms with van der Waals surface area (Å²) < 4.78 is 2.20. The Morgan fingerprint density at radius 1 is 1.30 bits per heavy atom. The van der Waals surface area contributed by atoms with Crippen LogP contribution in [0.5, 0.6) is 0 Å². The monoisotopic (exact) mass is 308 g/mol. The topological polar surface area (TPSA) is 73.8 Å². The van der Waals surface area contributed by atoms with E-state index >= 15 is 0 Å². The Morgan fingerprint density at radius 2 is 2.09 bits per heavy atom. The summed E-state index contributed by atoms with van der Waals surface area (Å²) in [5.41, 5.74) is 8.21. The third kappa shape index (κ3) is 2.03. The lowest BCUT2D eigenvalue weighted by Crippen LogP contribution is -2.46. The van der Waals surface area contributed by atoms with Crippen LogP contribution in [0.4, 0.5) is 0 Å². The molecule has 23 heavy (non-hydrogen) atoms. The smallest absolute Gasteiger partial charge is 0.225 e. The number of nitrogens with two attached hydrogens (primary N) is 1. The number of carbonyl (C=O) groups excluding carboxylic acids is 1. The first-order valence-electron chi connectivity index (χ1n) is 8.17. The van der Waals surface area contributed by atoms with Crippen molar-refractivity contribution in [2.45, 2.75) is 39.2 Å². The number of hydrogen-bond acceptors (Lipinski definition) is 3. The van der Waals surface area contributed by atoms with Gasteiger partial charge in [-0.05, 0) is 18.9 Å². The van der Waals surface area contributed by atoms with Crippen LogP contribution in [-0.2, 0) is 17.8 Å². The van der Waals surface area contributed by atoms with Crippen molar-refractivity contribution in [3.63, 3.8) is 0 Å². The number of aryl methyl sites for hydroxylation is 1. The van der Waals surface area contributed by atoms with Crippen LogP contribution in [-0.4, -0.2) is 20.4 Å². The molecule has 0 bridgehead atoms. The fourth-order valence-corrected chi connectivity index (χ4v) is 3.64. The van der Waals surface area contributed by atoms with Crippen LogP contribution in [0.25, 0.3) is 21.9 Å². The van der Waals surface area contributed by atoms with Crippen LogP contribution < -0.4 is 5.73 Å². The number of carbonyl (C=O) groups is 1. The molecule has 5 nitrogen and oxygen atoms in total. The Bertz CT molecular complexity index is 908. The maximum Gasteiger partial charge on any atom is 0.225 e. The molecule has 1 aromatic carbocycles. The number of amides is 1. The highest BCUT2D eigenvalue weighted by Crippen LogP contribution is 2.43. The zero-order valence-corrected chi connectivity index (χ0v) is 13.2. The number of para-hydroxylation sites is 1. The van der Waals surface area contributed by atoms with Gasteiger partial charge in [0, 0.05) is 18.4 Å². The van der Waals surface area contributed by atoms with Gasteiger partial charge in [-0.2, -0.15) is 0 Å². The predicted molar refractivity (Wildman–Crippen MR) is 89.9 cm³/mol. The number of benzene rings is 1. The second-order valence-corrected chi connectivity index (χ2v) is 6.48. The van der Waals surface area contributed by atoms with Gasteiger partial charge in [-0.3, -0.25) is 9.78 Å². The van der Waals surface area contributed by atoms with Crippen molar-refractivity contribution in [3.05, 3.63) is 36.3 Å². The fraction of sp³-hybridized carbons (Fsp3) is 0.389. The maximum atomic E-state index is 12.0. The summed E-state index contributed by atoms with van der Waals surface area (Å²) in [5.74, 6) is 0.802. The molecular weight excluding hydrogens is 288 g/mol. The van der Waals surface area contributed by atoms with E-state index in [-0.39, 0.29) is 5.91 Å². The van der Waals surface area contributed by atoms with Gasteiger partial charge in [0.2, 0.25) is 5.91 Å². The highest BCUT2D eigenvalue weighted by Gasteiger charge is 2.43. The van der Waals surface area contributed by atoms with Gasteiger partial charge >= 0.3 is 0 Å². The minimum atomic E-state index is -0.415.